The third kappa shape index (κ3) is 3.35. The Bertz CT molecular complexity index is 555. The van der Waals surface area contributed by atoms with Crippen LogP contribution in [0.4, 0.5) is 5.69 Å². The Kier molecular flexibility index (Phi) is 4.84. The average molecular weight is 363 g/mol. The van der Waals surface area contributed by atoms with Gasteiger partial charge >= 0.3 is 0 Å². The normalized spacial score (nSPS) is 10.6. The fourth-order valence-corrected chi connectivity index (χ4v) is 3.86. The molecule has 0 bridgehead atoms. The first-order valence-electron chi connectivity index (χ1n) is 5.18. The van der Waals surface area contributed by atoms with Crippen molar-refractivity contribution in [2.75, 3.05) is 5.73 Å². The predicted octanol–water partition coefficient (Wildman–Crippen LogP) is 5.63. The number of halogens is 3. The molecule has 0 fully saturated rings. The van der Waals surface area contributed by atoms with Gasteiger partial charge in [0, 0.05) is 30.9 Å². The highest BCUT2D eigenvalue weighted by Gasteiger charge is 2.07. The molecule has 18 heavy (non-hydrogen) atoms. The van der Waals surface area contributed by atoms with Crippen LogP contribution in [0.2, 0.25) is 10.0 Å². The van der Waals surface area contributed by atoms with E-state index in [1.54, 1.807) is 11.8 Å². The molecule has 94 valence electrons. The summed E-state index contributed by atoms with van der Waals surface area (Å²) in [6, 6.07) is 11.3. The van der Waals surface area contributed by atoms with E-state index in [0.717, 1.165) is 26.4 Å². The van der Waals surface area contributed by atoms with E-state index in [0.29, 0.717) is 10.0 Å². The standard InChI is InChI=1S/C13H10BrCl2NS/c14-10-6-8(17)4-5-13(10)18-7-9-11(15)2-1-3-12(9)16/h1-6H,7,17H2. The van der Waals surface area contributed by atoms with Gasteiger partial charge in [0.15, 0.2) is 0 Å². The zero-order chi connectivity index (χ0) is 13.1. The molecule has 2 aromatic carbocycles. The summed E-state index contributed by atoms with van der Waals surface area (Å²) >= 11 is 17.4. The molecule has 0 radical (unpaired) electrons. The monoisotopic (exact) mass is 361 g/mol. The summed E-state index contributed by atoms with van der Waals surface area (Å²) in [6.07, 6.45) is 0. The van der Waals surface area contributed by atoms with Crippen molar-refractivity contribution in [3.05, 3.63) is 56.5 Å². The van der Waals surface area contributed by atoms with Crippen LogP contribution in [0.25, 0.3) is 0 Å². The molecule has 0 amide bonds. The van der Waals surface area contributed by atoms with Crippen LogP contribution >= 0.6 is 50.9 Å². The molecule has 0 atom stereocenters. The topological polar surface area (TPSA) is 26.0 Å². The Morgan fingerprint density at radius 3 is 2.39 bits per heavy atom. The number of hydrogen-bond acceptors (Lipinski definition) is 2. The van der Waals surface area contributed by atoms with Crippen molar-refractivity contribution in [1.29, 1.82) is 0 Å². The summed E-state index contributed by atoms with van der Waals surface area (Å²) in [6.45, 7) is 0. The molecule has 0 aliphatic carbocycles. The number of thioether (sulfide) groups is 1. The summed E-state index contributed by atoms with van der Waals surface area (Å²) in [5.41, 5.74) is 7.39. The van der Waals surface area contributed by atoms with Crippen molar-refractivity contribution < 1.29 is 0 Å². The van der Waals surface area contributed by atoms with Crippen LogP contribution in [-0.2, 0) is 5.75 Å². The SMILES string of the molecule is Nc1ccc(SCc2c(Cl)cccc2Cl)c(Br)c1. The first-order chi connectivity index (χ1) is 8.58. The van der Waals surface area contributed by atoms with Crippen molar-refractivity contribution in [3.8, 4) is 0 Å². The molecule has 0 heterocycles. The van der Waals surface area contributed by atoms with Gasteiger partial charge in [0.05, 0.1) is 0 Å². The molecule has 2 N–H and O–H groups in total. The quantitative estimate of drug-likeness (QED) is 0.565. The molecule has 2 rings (SSSR count). The number of rotatable bonds is 3. The van der Waals surface area contributed by atoms with Gasteiger partial charge in [-0.2, -0.15) is 0 Å². The molecule has 0 aliphatic rings. The Morgan fingerprint density at radius 2 is 1.78 bits per heavy atom. The third-order valence-electron chi connectivity index (χ3n) is 2.39. The Hall–Kier alpha value is -0.350. The van der Waals surface area contributed by atoms with Gasteiger partial charge in [-0.3, -0.25) is 0 Å². The fourth-order valence-electron chi connectivity index (χ4n) is 1.45. The zero-order valence-corrected chi connectivity index (χ0v) is 13.2. The highest BCUT2D eigenvalue weighted by Crippen LogP contribution is 2.35. The minimum Gasteiger partial charge on any atom is -0.399 e. The van der Waals surface area contributed by atoms with Crippen LogP contribution in [-0.4, -0.2) is 0 Å². The molecule has 0 unspecified atom stereocenters. The number of nitrogen functional groups attached to an aromatic ring is 1. The first-order valence-corrected chi connectivity index (χ1v) is 7.72. The Morgan fingerprint density at radius 1 is 1.11 bits per heavy atom. The van der Waals surface area contributed by atoms with Gasteiger partial charge in [0.2, 0.25) is 0 Å². The van der Waals surface area contributed by atoms with Crippen molar-refractivity contribution >= 4 is 56.6 Å². The molecule has 0 saturated carbocycles. The van der Waals surface area contributed by atoms with Gasteiger partial charge in [-0.15, -0.1) is 11.8 Å². The average Bonchev–Trinajstić information content (AvgIpc) is 2.31. The predicted molar refractivity (Wildman–Crippen MR) is 84.6 cm³/mol. The van der Waals surface area contributed by atoms with Gasteiger partial charge in [-0.1, -0.05) is 29.3 Å². The maximum absolute atomic E-state index is 6.13. The van der Waals surface area contributed by atoms with E-state index in [-0.39, 0.29) is 0 Å². The Balaban J connectivity index is 2.16. The molecule has 0 spiro atoms. The molecule has 0 aliphatic heterocycles. The summed E-state index contributed by atoms with van der Waals surface area (Å²) in [5.74, 6) is 0.723. The van der Waals surface area contributed by atoms with Gasteiger partial charge in [-0.05, 0) is 51.8 Å². The second-order valence-electron chi connectivity index (χ2n) is 3.68. The van der Waals surface area contributed by atoms with E-state index < -0.39 is 0 Å². The molecule has 0 saturated heterocycles. The van der Waals surface area contributed by atoms with E-state index in [1.165, 1.54) is 0 Å². The van der Waals surface area contributed by atoms with Crippen LogP contribution in [0, 0.1) is 0 Å². The lowest BCUT2D eigenvalue weighted by Gasteiger charge is -2.08. The number of hydrogen-bond donors (Lipinski definition) is 1. The van der Waals surface area contributed by atoms with E-state index in [9.17, 15) is 0 Å². The molecular formula is C13H10BrCl2NS. The van der Waals surface area contributed by atoms with Crippen LogP contribution < -0.4 is 5.73 Å². The van der Waals surface area contributed by atoms with E-state index in [2.05, 4.69) is 15.9 Å². The highest BCUT2D eigenvalue weighted by atomic mass is 79.9. The van der Waals surface area contributed by atoms with Crippen molar-refractivity contribution in [1.82, 2.24) is 0 Å². The van der Waals surface area contributed by atoms with Crippen LogP contribution in [0.1, 0.15) is 5.56 Å². The fraction of sp³-hybridized carbons (Fsp3) is 0.0769. The highest BCUT2D eigenvalue weighted by molar-refractivity contribution is 9.10. The smallest absolute Gasteiger partial charge is 0.0461 e. The van der Waals surface area contributed by atoms with Crippen LogP contribution in [0.5, 0.6) is 0 Å². The summed E-state index contributed by atoms with van der Waals surface area (Å²) in [7, 11) is 0. The lowest BCUT2D eigenvalue weighted by molar-refractivity contribution is 1.36. The first kappa shape index (κ1) is 14.1. The lowest BCUT2D eigenvalue weighted by atomic mass is 10.2. The van der Waals surface area contributed by atoms with Crippen LogP contribution in [0.3, 0.4) is 0 Å². The molecule has 0 aromatic heterocycles. The summed E-state index contributed by atoms with van der Waals surface area (Å²) < 4.78 is 0.982. The maximum Gasteiger partial charge on any atom is 0.0461 e. The molecule has 1 nitrogen and oxygen atoms in total. The number of anilines is 1. The third-order valence-corrected chi connectivity index (χ3v) is 5.12. The minimum atomic E-state index is 0.696. The zero-order valence-electron chi connectivity index (χ0n) is 9.29. The van der Waals surface area contributed by atoms with Crippen LogP contribution in [0.15, 0.2) is 45.8 Å². The number of benzene rings is 2. The van der Waals surface area contributed by atoms with Crippen molar-refractivity contribution in [2.24, 2.45) is 0 Å². The van der Waals surface area contributed by atoms with Gasteiger partial charge < -0.3 is 5.73 Å². The summed E-state index contributed by atoms with van der Waals surface area (Å²) in [4.78, 5) is 1.11. The maximum atomic E-state index is 6.13. The molecular weight excluding hydrogens is 353 g/mol. The molecule has 2 aromatic rings. The lowest BCUT2D eigenvalue weighted by Crippen LogP contribution is -1.87. The van der Waals surface area contributed by atoms with E-state index in [4.69, 9.17) is 28.9 Å². The minimum absolute atomic E-state index is 0.696. The second kappa shape index (κ2) is 6.20. The van der Waals surface area contributed by atoms with Gasteiger partial charge in [0.25, 0.3) is 0 Å². The van der Waals surface area contributed by atoms with Crippen molar-refractivity contribution in [2.45, 2.75) is 10.6 Å². The second-order valence-corrected chi connectivity index (χ2v) is 6.36. The van der Waals surface area contributed by atoms with E-state index in [1.807, 2.05) is 36.4 Å². The van der Waals surface area contributed by atoms with Crippen molar-refractivity contribution in [3.63, 3.8) is 0 Å². The van der Waals surface area contributed by atoms with Gasteiger partial charge in [-0.25, -0.2) is 0 Å². The largest absolute Gasteiger partial charge is 0.399 e. The molecule has 5 heteroatoms. The van der Waals surface area contributed by atoms with E-state index >= 15 is 0 Å². The van der Waals surface area contributed by atoms with Gasteiger partial charge in [0.1, 0.15) is 0 Å². The number of nitrogens with two attached hydrogens (primary N) is 1. The summed E-state index contributed by atoms with van der Waals surface area (Å²) in [5, 5.41) is 1.39. The Labute approximate surface area is 129 Å².